The molecule has 0 bridgehead atoms. The van der Waals surface area contributed by atoms with E-state index in [0.717, 1.165) is 30.3 Å². The summed E-state index contributed by atoms with van der Waals surface area (Å²) in [6.07, 6.45) is 1.68. The quantitative estimate of drug-likeness (QED) is 0.374. The molecule has 7 heteroatoms. The van der Waals surface area contributed by atoms with Crippen molar-refractivity contribution in [2.75, 3.05) is 19.7 Å². The number of likely N-dealkylation sites (tertiary alicyclic amines) is 1. The van der Waals surface area contributed by atoms with Gasteiger partial charge in [0.1, 0.15) is 5.76 Å². The van der Waals surface area contributed by atoms with E-state index in [-0.39, 0.29) is 16.7 Å². The first-order valence-corrected chi connectivity index (χ1v) is 11.3. The summed E-state index contributed by atoms with van der Waals surface area (Å²) in [6.45, 7) is 6.70. The molecule has 1 aromatic carbocycles. The molecule has 4 rings (SSSR count). The van der Waals surface area contributed by atoms with E-state index in [1.807, 2.05) is 54.6 Å². The van der Waals surface area contributed by atoms with Gasteiger partial charge < -0.3 is 9.15 Å². The van der Waals surface area contributed by atoms with Crippen LogP contribution < -0.4 is 0 Å². The number of aromatic nitrogens is 1. The lowest BCUT2D eigenvalue weighted by molar-refractivity contribution is -0.153. The average Bonchev–Trinajstić information content (AvgIpc) is 3.48. The molecule has 0 saturated carbocycles. The van der Waals surface area contributed by atoms with Gasteiger partial charge >= 0.3 is 6.18 Å². The Morgan fingerprint density at radius 2 is 1.82 bits per heavy atom. The first kappa shape index (κ1) is 24.2. The summed E-state index contributed by atoms with van der Waals surface area (Å²) >= 11 is 0. The maximum Gasteiger partial charge on any atom is 0.449 e. The van der Waals surface area contributed by atoms with Gasteiger partial charge in [-0.3, -0.25) is 9.88 Å². The predicted molar refractivity (Wildman–Crippen MR) is 125 cm³/mol. The van der Waals surface area contributed by atoms with Crippen molar-refractivity contribution in [2.45, 2.75) is 38.6 Å². The summed E-state index contributed by atoms with van der Waals surface area (Å²) in [6, 6.07) is 18.1. The summed E-state index contributed by atoms with van der Waals surface area (Å²) in [5, 5.41) is 0. The minimum Gasteiger partial charge on any atom is -0.452 e. The Morgan fingerprint density at radius 1 is 1.06 bits per heavy atom. The van der Waals surface area contributed by atoms with Gasteiger partial charge in [-0.2, -0.15) is 13.2 Å². The molecule has 2 aromatic heterocycles. The van der Waals surface area contributed by atoms with Gasteiger partial charge in [0, 0.05) is 24.7 Å². The van der Waals surface area contributed by atoms with Crippen LogP contribution in [0.1, 0.15) is 43.0 Å². The summed E-state index contributed by atoms with van der Waals surface area (Å²) in [4.78, 5) is 6.91. The molecule has 3 aromatic rings. The number of alkyl halides is 3. The normalized spacial score (nSPS) is 19.8. The van der Waals surface area contributed by atoms with Gasteiger partial charge in [0.25, 0.3) is 0 Å². The zero-order valence-electron chi connectivity index (χ0n) is 19.4. The standard InChI is InChI=1S/C27H29F3N2O2/c1-25(2,23-10-6-7-16-31-23)32-17-15-26(19-32,20-33-18-21-8-4-3-5-9-21)14-13-22-11-12-24(34-22)27(28,29)30/h3-14,16H,15,17-20H2,1-2H3/b14-13+/t26-/m1/s1. The van der Waals surface area contributed by atoms with Crippen molar-refractivity contribution in [2.24, 2.45) is 5.41 Å². The smallest absolute Gasteiger partial charge is 0.449 e. The Balaban J connectivity index is 1.53. The van der Waals surface area contributed by atoms with Gasteiger partial charge in [-0.1, -0.05) is 42.5 Å². The summed E-state index contributed by atoms with van der Waals surface area (Å²) in [7, 11) is 0. The molecule has 1 fully saturated rings. The molecule has 34 heavy (non-hydrogen) atoms. The molecule has 0 aliphatic carbocycles. The Labute approximate surface area is 198 Å². The Morgan fingerprint density at radius 3 is 2.50 bits per heavy atom. The lowest BCUT2D eigenvalue weighted by Crippen LogP contribution is -2.42. The number of pyridine rings is 1. The Bertz CT molecular complexity index is 1090. The molecule has 1 atom stereocenters. The zero-order valence-corrected chi connectivity index (χ0v) is 19.4. The second-order valence-electron chi connectivity index (χ2n) is 9.32. The molecule has 180 valence electrons. The second-order valence-corrected chi connectivity index (χ2v) is 9.32. The molecule has 1 aliphatic heterocycles. The third kappa shape index (κ3) is 5.59. The lowest BCUT2D eigenvalue weighted by Gasteiger charge is -2.36. The highest BCUT2D eigenvalue weighted by atomic mass is 19.4. The van der Waals surface area contributed by atoms with Crippen molar-refractivity contribution in [3.05, 3.63) is 95.7 Å². The molecule has 0 radical (unpaired) electrons. The van der Waals surface area contributed by atoms with Crippen LogP contribution >= 0.6 is 0 Å². The highest BCUT2D eigenvalue weighted by molar-refractivity contribution is 5.45. The second kappa shape index (κ2) is 9.76. The van der Waals surface area contributed by atoms with Crippen molar-refractivity contribution in [1.82, 2.24) is 9.88 Å². The lowest BCUT2D eigenvalue weighted by atomic mass is 9.87. The van der Waals surface area contributed by atoms with Gasteiger partial charge in [0.05, 0.1) is 24.4 Å². The number of nitrogens with zero attached hydrogens (tertiary/aromatic N) is 2. The predicted octanol–water partition coefficient (Wildman–Crippen LogP) is 6.55. The summed E-state index contributed by atoms with van der Waals surface area (Å²) < 4.78 is 49.9. The van der Waals surface area contributed by atoms with E-state index in [0.29, 0.717) is 19.8 Å². The maximum atomic E-state index is 12.9. The molecular weight excluding hydrogens is 441 g/mol. The van der Waals surface area contributed by atoms with Crippen LogP contribution in [0.15, 0.2) is 77.4 Å². The number of benzene rings is 1. The van der Waals surface area contributed by atoms with E-state index in [1.54, 1.807) is 12.3 Å². The molecule has 1 aliphatic rings. The van der Waals surface area contributed by atoms with Gasteiger partial charge in [0.2, 0.25) is 5.76 Å². The van der Waals surface area contributed by atoms with Crippen LogP contribution in [-0.4, -0.2) is 29.6 Å². The number of hydrogen-bond acceptors (Lipinski definition) is 4. The molecule has 4 nitrogen and oxygen atoms in total. The van der Waals surface area contributed by atoms with Gasteiger partial charge in [-0.15, -0.1) is 0 Å². The van der Waals surface area contributed by atoms with Gasteiger partial charge in [-0.25, -0.2) is 0 Å². The number of furan rings is 1. The van der Waals surface area contributed by atoms with E-state index in [1.165, 1.54) is 6.07 Å². The molecule has 1 saturated heterocycles. The van der Waals surface area contributed by atoms with Crippen LogP contribution in [0.2, 0.25) is 0 Å². The monoisotopic (exact) mass is 470 g/mol. The van der Waals surface area contributed by atoms with Crippen molar-refractivity contribution < 1.29 is 22.3 Å². The van der Waals surface area contributed by atoms with E-state index in [4.69, 9.17) is 9.15 Å². The maximum absolute atomic E-state index is 12.9. The Kier molecular flexibility index (Phi) is 6.96. The molecule has 0 N–H and O–H groups in total. The van der Waals surface area contributed by atoms with E-state index < -0.39 is 11.9 Å². The van der Waals surface area contributed by atoms with Crippen LogP contribution in [0.25, 0.3) is 6.08 Å². The van der Waals surface area contributed by atoms with Crippen LogP contribution in [0.3, 0.4) is 0 Å². The van der Waals surface area contributed by atoms with Gasteiger partial charge in [-0.05, 0) is 56.2 Å². The highest BCUT2D eigenvalue weighted by Crippen LogP contribution is 2.40. The number of ether oxygens (including phenoxy) is 1. The average molecular weight is 471 g/mol. The molecule has 3 heterocycles. The highest BCUT2D eigenvalue weighted by Gasteiger charge is 2.43. The topological polar surface area (TPSA) is 38.5 Å². The fourth-order valence-electron chi connectivity index (χ4n) is 4.36. The molecule has 0 spiro atoms. The van der Waals surface area contributed by atoms with Gasteiger partial charge in [0.15, 0.2) is 0 Å². The van der Waals surface area contributed by atoms with Crippen molar-refractivity contribution >= 4 is 6.08 Å². The minimum atomic E-state index is -4.50. The number of halogens is 3. The van der Waals surface area contributed by atoms with E-state index in [9.17, 15) is 13.2 Å². The number of rotatable bonds is 8. The Hall–Kier alpha value is -2.90. The third-order valence-electron chi connectivity index (χ3n) is 6.48. The molecular formula is C27H29F3N2O2. The van der Waals surface area contributed by atoms with E-state index >= 15 is 0 Å². The summed E-state index contributed by atoms with van der Waals surface area (Å²) in [5.74, 6) is -0.817. The minimum absolute atomic E-state index is 0.178. The first-order valence-electron chi connectivity index (χ1n) is 11.3. The summed E-state index contributed by atoms with van der Waals surface area (Å²) in [5.41, 5.74) is 1.38. The van der Waals surface area contributed by atoms with Crippen LogP contribution in [-0.2, 0) is 23.1 Å². The van der Waals surface area contributed by atoms with Crippen molar-refractivity contribution in [1.29, 1.82) is 0 Å². The largest absolute Gasteiger partial charge is 0.452 e. The van der Waals surface area contributed by atoms with Crippen LogP contribution in [0.5, 0.6) is 0 Å². The molecule has 0 amide bonds. The van der Waals surface area contributed by atoms with Crippen LogP contribution in [0, 0.1) is 5.41 Å². The SMILES string of the molecule is CC(C)(c1ccccn1)N1CC[C@@](/C=C/c2ccc(C(F)(F)F)o2)(COCc2ccccc2)C1. The fourth-order valence-corrected chi connectivity index (χ4v) is 4.36. The van der Waals surface area contributed by atoms with E-state index in [2.05, 4.69) is 23.7 Å². The van der Waals surface area contributed by atoms with Crippen LogP contribution in [0.4, 0.5) is 13.2 Å². The number of hydrogen-bond donors (Lipinski definition) is 0. The van der Waals surface area contributed by atoms with Crippen molar-refractivity contribution in [3.63, 3.8) is 0 Å². The fraction of sp³-hybridized carbons (Fsp3) is 0.370. The zero-order chi connectivity index (χ0) is 24.2. The first-order chi connectivity index (χ1) is 16.2. The third-order valence-corrected chi connectivity index (χ3v) is 6.48. The van der Waals surface area contributed by atoms with Crippen molar-refractivity contribution in [3.8, 4) is 0 Å². The molecule has 0 unspecified atom stereocenters.